The number of anilines is 1. The molecule has 1 aromatic carbocycles. The molecule has 1 aromatic rings. The highest BCUT2D eigenvalue weighted by molar-refractivity contribution is 5.64. The summed E-state index contributed by atoms with van der Waals surface area (Å²) in [6.07, 6.45) is 2.68. The second kappa shape index (κ2) is 3.74. The zero-order chi connectivity index (χ0) is 10.9. The molecule has 2 rings (SSSR count). The Labute approximate surface area is 89.8 Å². The van der Waals surface area contributed by atoms with E-state index in [1.54, 1.807) is 6.07 Å². The first-order valence-electron chi connectivity index (χ1n) is 5.41. The fraction of sp³-hybridized carbons (Fsp3) is 0.500. The van der Waals surface area contributed by atoms with Crippen LogP contribution >= 0.6 is 0 Å². The Balaban J connectivity index is 2.36. The summed E-state index contributed by atoms with van der Waals surface area (Å²) in [6.45, 7) is 2.16. The van der Waals surface area contributed by atoms with E-state index < -0.39 is 0 Å². The lowest BCUT2D eigenvalue weighted by molar-refractivity contribution is 0.194. The van der Waals surface area contributed by atoms with Gasteiger partial charge >= 0.3 is 0 Å². The molecule has 15 heavy (non-hydrogen) atoms. The standard InChI is InChI=1S/C12H17NO2/c1-2-12(8-14)7-6-9-4-3-5-10(15)11(9)13-12/h3-5,13-15H,2,6-8H2,1H3. The molecule has 0 bridgehead atoms. The molecule has 0 fully saturated rings. The molecular weight excluding hydrogens is 190 g/mol. The molecule has 3 nitrogen and oxygen atoms in total. The molecule has 82 valence electrons. The Bertz CT molecular complexity index is 359. The lowest BCUT2D eigenvalue weighted by atomic mass is 9.84. The summed E-state index contributed by atoms with van der Waals surface area (Å²) in [6, 6.07) is 5.54. The summed E-state index contributed by atoms with van der Waals surface area (Å²) in [7, 11) is 0. The molecule has 0 aromatic heterocycles. The van der Waals surface area contributed by atoms with Crippen molar-refractivity contribution in [2.24, 2.45) is 0 Å². The number of nitrogens with one attached hydrogen (secondary N) is 1. The van der Waals surface area contributed by atoms with Crippen LogP contribution in [0, 0.1) is 0 Å². The lowest BCUT2D eigenvalue weighted by Crippen LogP contribution is -2.44. The topological polar surface area (TPSA) is 52.5 Å². The van der Waals surface area contributed by atoms with E-state index in [1.807, 2.05) is 19.1 Å². The predicted molar refractivity (Wildman–Crippen MR) is 60.2 cm³/mol. The number of para-hydroxylation sites is 1. The first-order chi connectivity index (χ1) is 7.21. The van der Waals surface area contributed by atoms with Gasteiger partial charge in [0.05, 0.1) is 17.8 Å². The van der Waals surface area contributed by atoms with E-state index in [0.717, 1.165) is 30.5 Å². The number of aliphatic hydroxyl groups is 1. The highest BCUT2D eigenvalue weighted by Gasteiger charge is 2.32. The van der Waals surface area contributed by atoms with Gasteiger partial charge < -0.3 is 15.5 Å². The van der Waals surface area contributed by atoms with Crippen LogP contribution in [0.4, 0.5) is 5.69 Å². The summed E-state index contributed by atoms with van der Waals surface area (Å²) in [5.74, 6) is 0.276. The fourth-order valence-corrected chi connectivity index (χ4v) is 2.14. The van der Waals surface area contributed by atoms with Crippen molar-refractivity contribution in [2.75, 3.05) is 11.9 Å². The molecule has 3 heteroatoms. The summed E-state index contributed by atoms with van der Waals surface area (Å²) >= 11 is 0. The van der Waals surface area contributed by atoms with Gasteiger partial charge in [-0.1, -0.05) is 19.1 Å². The van der Waals surface area contributed by atoms with E-state index in [2.05, 4.69) is 5.32 Å². The Morgan fingerprint density at radius 2 is 2.27 bits per heavy atom. The average Bonchev–Trinajstić information content (AvgIpc) is 2.29. The van der Waals surface area contributed by atoms with Crippen molar-refractivity contribution >= 4 is 5.69 Å². The van der Waals surface area contributed by atoms with Crippen molar-refractivity contribution in [1.82, 2.24) is 0 Å². The maximum atomic E-state index is 9.74. The molecule has 1 aliphatic rings. The van der Waals surface area contributed by atoms with Crippen molar-refractivity contribution < 1.29 is 10.2 Å². The van der Waals surface area contributed by atoms with Gasteiger partial charge in [0.25, 0.3) is 0 Å². The normalized spacial score (nSPS) is 24.4. The first kappa shape index (κ1) is 10.3. The van der Waals surface area contributed by atoms with Gasteiger partial charge in [-0.25, -0.2) is 0 Å². The SMILES string of the molecule is CCC1(CO)CCc2cccc(O)c2N1. The summed E-state index contributed by atoms with van der Waals surface area (Å²) in [4.78, 5) is 0. The monoisotopic (exact) mass is 207 g/mol. The highest BCUT2D eigenvalue weighted by atomic mass is 16.3. The van der Waals surface area contributed by atoms with Crippen molar-refractivity contribution in [3.63, 3.8) is 0 Å². The summed E-state index contributed by atoms with van der Waals surface area (Å²) in [5.41, 5.74) is 1.67. The zero-order valence-corrected chi connectivity index (χ0v) is 8.95. The number of fused-ring (bicyclic) bond motifs is 1. The number of aromatic hydroxyl groups is 1. The summed E-state index contributed by atoms with van der Waals surface area (Å²) in [5, 5.41) is 22.4. The Morgan fingerprint density at radius 1 is 1.47 bits per heavy atom. The second-order valence-corrected chi connectivity index (χ2v) is 4.23. The van der Waals surface area contributed by atoms with Crippen LogP contribution < -0.4 is 5.32 Å². The molecule has 0 aliphatic carbocycles. The Kier molecular flexibility index (Phi) is 2.57. The fourth-order valence-electron chi connectivity index (χ4n) is 2.14. The Hall–Kier alpha value is -1.22. The molecule has 1 atom stereocenters. The number of hydrogen-bond donors (Lipinski definition) is 3. The predicted octanol–water partition coefficient (Wildman–Crippen LogP) is 1.89. The molecule has 0 radical (unpaired) electrons. The number of aryl methyl sites for hydroxylation is 1. The van der Waals surface area contributed by atoms with Crippen LogP contribution in [0.1, 0.15) is 25.3 Å². The van der Waals surface area contributed by atoms with Crippen molar-refractivity contribution in [2.45, 2.75) is 31.7 Å². The second-order valence-electron chi connectivity index (χ2n) is 4.23. The van der Waals surface area contributed by atoms with Crippen LogP contribution in [0.3, 0.4) is 0 Å². The number of phenolic OH excluding ortho intramolecular Hbond substituents is 1. The Morgan fingerprint density at radius 3 is 2.93 bits per heavy atom. The van der Waals surface area contributed by atoms with Crippen LogP contribution in [-0.4, -0.2) is 22.4 Å². The number of aliphatic hydroxyl groups excluding tert-OH is 1. The molecule has 1 aliphatic heterocycles. The van der Waals surface area contributed by atoms with Crippen molar-refractivity contribution in [3.8, 4) is 5.75 Å². The van der Waals surface area contributed by atoms with E-state index in [9.17, 15) is 10.2 Å². The average molecular weight is 207 g/mol. The van der Waals surface area contributed by atoms with E-state index in [1.165, 1.54) is 0 Å². The van der Waals surface area contributed by atoms with E-state index in [-0.39, 0.29) is 17.9 Å². The van der Waals surface area contributed by atoms with E-state index >= 15 is 0 Å². The van der Waals surface area contributed by atoms with Gasteiger partial charge in [-0.3, -0.25) is 0 Å². The van der Waals surface area contributed by atoms with Crippen LogP contribution in [0.5, 0.6) is 5.75 Å². The van der Waals surface area contributed by atoms with Gasteiger partial charge in [-0.2, -0.15) is 0 Å². The zero-order valence-electron chi connectivity index (χ0n) is 8.95. The first-order valence-corrected chi connectivity index (χ1v) is 5.41. The van der Waals surface area contributed by atoms with Crippen LogP contribution in [-0.2, 0) is 6.42 Å². The van der Waals surface area contributed by atoms with Gasteiger partial charge in [0.1, 0.15) is 5.75 Å². The molecular formula is C12H17NO2. The molecule has 1 unspecified atom stereocenters. The largest absolute Gasteiger partial charge is 0.506 e. The molecule has 0 saturated heterocycles. The third kappa shape index (κ3) is 1.67. The van der Waals surface area contributed by atoms with Crippen LogP contribution in [0.15, 0.2) is 18.2 Å². The molecule has 0 saturated carbocycles. The maximum Gasteiger partial charge on any atom is 0.138 e. The molecule has 0 amide bonds. The number of benzene rings is 1. The van der Waals surface area contributed by atoms with Crippen molar-refractivity contribution in [1.29, 1.82) is 0 Å². The summed E-state index contributed by atoms with van der Waals surface area (Å²) < 4.78 is 0. The quantitative estimate of drug-likeness (QED) is 0.649. The smallest absolute Gasteiger partial charge is 0.138 e. The number of rotatable bonds is 2. The van der Waals surface area contributed by atoms with E-state index in [4.69, 9.17) is 0 Å². The van der Waals surface area contributed by atoms with E-state index in [0.29, 0.717) is 0 Å². The lowest BCUT2D eigenvalue weighted by Gasteiger charge is -2.38. The molecule has 3 N–H and O–H groups in total. The minimum atomic E-state index is -0.258. The van der Waals surface area contributed by atoms with Crippen LogP contribution in [0.2, 0.25) is 0 Å². The van der Waals surface area contributed by atoms with Crippen LogP contribution in [0.25, 0.3) is 0 Å². The number of hydrogen-bond acceptors (Lipinski definition) is 3. The van der Waals surface area contributed by atoms with Crippen molar-refractivity contribution in [3.05, 3.63) is 23.8 Å². The van der Waals surface area contributed by atoms with Gasteiger partial charge in [0, 0.05) is 0 Å². The third-order valence-electron chi connectivity index (χ3n) is 3.37. The third-order valence-corrected chi connectivity index (χ3v) is 3.37. The van der Waals surface area contributed by atoms with Gasteiger partial charge in [0.15, 0.2) is 0 Å². The highest BCUT2D eigenvalue weighted by Crippen LogP contribution is 2.37. The molecule has 1 heterocycles. The molecule has 0 spiro atoms. The van der Waals surface area contributed by atoms with Gasteiger partial charge in [-0.05, 0) is 30.9 Å². The van der Waals surface area contributed by atoms with Gasteiger partial charge in [-0.15, -0.1) is 0 Å². The number of phenols is 1. The minimum Gasteiger partial charge on any atom is -0.506 e. The maximum absolute atomic E-state index is 9.74. The minimum absolute atomic E-state index is 0.108. The van der Waals surface area contributed by atoms with Gasteiger partial charge in [0.2, 0.25) is 0 Å².